The summed E-state index contributed by atoms with van der Waals surface area (Å²) in [5, 5.41) is 17.2. The number of esters is 1. The van der Waals surface area contributed by atoms with Crippen LogP contribution in [0, 0.1) is 22.7 Å². The highest BCUT2D eigenvalue weighted by atomic mass is 32.2. The van der Waals surface area contributed by atoms with Gasteiger partial charge in [-0.1, -0.05) is 19.1 Å². The molecule has 0 bridgehead atoms. The van der Waals surface area contributed by atoms with Gasteiger partial charge in [0.2, 0.25) is 0 Å². The fourth-order valence-corrected chi connectivity index (χ4v) is 3.17. The zero-order chi connectivity index (χ0) is 19.6. The summed E-state index contributed by atoms with van der Waals surface area (Å²) < 4.78 is 29.1. The molecule has 0 aliphatic heterocycles. The Balaban J connectivity index is 2.84. The van der Waals surface area contributed by atoms with E-state index in [1.807, 2.05) is 12.1 Å². The van der Waals surface area contributed by atoms with Crippen molar-refractivity contribution in [3.8, 4) is 12.1 Å². The second kappa shape index (κ2) is 10.2. The predicted octanol–water partition coefficient (Wildman–Crippen LogP) is 1.29. The van der Waals surface area contributed by atoms with E-state index >= 15 is 0 Å². The monoisotopic (exact) mass is 377 g/mol. The highest BCUT2D eigenvalue weighted by Gasteiger charge is 2.23. The maximum absolute atomic E-state index is 12.2. The van der Waals surface area contributed by atoms with Crippen molar-refractivity contribution in [2.24, 2.45) is 0 Å². The molecule has 1 aromatic carbocycles. The average Bonchev–Trinajstić information content (AvgIpc) is 2.65. The van der Waals surface area contributed by atoms with Gasteiger partial charge in [-0.15, -0.1) is 0 Å². The van der Waals surface area contributed by atoms with Gasteiger partial charge in [-0.2, -0.15) is 10.5 Å². The van der Waals surface area contributed by atoms with Crippen LogP contribution in [0.3, 0.4) is 0 Å². The van der Waals surface area contributed by atoms with Crippen molar-refractivity contribution in [3.05, 3.63) is 29.8 Å². The number of carbonyl (C=O) groups is 2. The number of ether oxygens (including phenoxy) is 1. The van der Waals surface area contributed by atoms with Crippen LogP contribution in [0.2, 0.25) is 0 Å². The van der Waals surface area contributed by atoms with Crippen molar-refractivity contribution in [1.82, 2.24) is 4.90 Å². The van der Waals surface area contributed by atoms with E-state index in [1.54, 1.807) is 0 Å². The van der Waals surface area contributed by atoms with Crippen LogP contribution >= 0.6 is 0 Å². The molecule has 0 saturated carbocycles. The van der Waals surface area contributed by atoms with Crippen molar-refractivity contribution in [3.63, 3.8) is 0 Å². The Morgan fingerprint density at radius 3 is 2.23 bits per heavy atom. The lowest BCUT2D eigenvalue weighted by atomic mass is 10.2. The molecule has 0 fully saturated rings. The molecule has 138 valence electrons. The summed E-state index contributed by atoms with van der Waals surface area (Å²) >= 11 is 0. The molecule has 0 aliphatic rings. The zero-order valence-corrected chi connectivity index (χ0v) is 15.2. The van der Waals surface area contributed by atoms with E-state index in [4.69, 9.17) is 15.3 Å². The minimum atomic E-state index is -3.62. The molecule has 1 rings (SSSR count). The smallest absolute Gasteiger partial charge is 0.339 e. The molecular weight excluding hydrogens is 358 g/mol. The minimum absolute atomic E-state index is 0.0860. The fourth-order valence-electron chi connectivity index (χ4n) is 2.09. The molecule has 1 aromatic rings. The highest BCUT2D eigenvalue weighted by molar-refractivity contribution is 7.91. The fraction of sp³-hybridized carbons (Fsp3) is 0.412. The number of rotatable bonds is 9. The first kappa shape index (κ1) is 21.1. The molecule has 0 aliphatic carbocycles. The van der Waals surface area contributed by atoms with Crippen LogP contribution in [0.15, 0.2) is 29.2 Å². The lowest BCUT2D eigenvalue weighted by Crippen LogP contribution is -2.36. The molecule has 0 aromatic heterocycles. The molecular formula is C17H19N3O5S. The Bertz CT molecular complexity index is 819. The van der Waals surface area contributed by atoms with Crippen molar-refractivity contribution in [2.75, 3.05) is 25.4 Å². The topological polar surface area (TPSA) is 128 Å². The largest absolute Gasteiger partial charge is 0.452 e. The van der Waals surface area contributed by atoms with Crippen LogP contribution in [0.25, 0.3) is 0 Å². The second-order valence-corrected chi connectivity index (χ2v) is 7.42. The number of hydrogen-bond acceptors (Lipinski definition) is 7. The Morgan fingerprint density at radius 2 is 1.69 bits per heavy atom. The lowest BCUT2D eigenvalue weighted by molar-refractivity contribution is -0.134. The summed E-state index contributed by atoms with van der Waals surface area (Å²) in [5.74, 6) is -1.65. The van der Waals surface area contributed by atoms with E-state index in [0.717, 1.165) is 0 Å². The number of nitriles is 2. The van der Waals surface area contributed by atoms with Gasteiger partial charge in [0.05, 0.1) is 41.2 Å². The molecule has 1 amide bonds. The standard InChI is InChI=1S/C17H19N3O5S/c1-2-26(23,24)15-8-4-3-7-14(15)17(22)25-13-16(21)20(11-5-9-18)12-6-10-19/h3-4,7-8H,2,5-6,11-13H2,1H3. The quantitative estimate of drug-likeness (QED) is 0.593. The van der Waals surface area contributed by atoms with Gasteiger partial charge in [-0.3, -0.25) is 4.79 Å². The van der Waals surface area contributed by atoms with Gasteiger partial charge >= 0.3 is 5.97 Å². The molecule has 0 spiro atoms. The van der Waals surface area contributed by atoms with Gasteiger partial charge < -0.3 is 9.64 Å². The molecule has 0 radical (unpaired) electrons. The molecule has 9 heteroatoms. The number of sulfone groups is 1. The molecule has 26 heavy (non-hydrogen) atoms. The van der Waals surface area contributed by atoms with E-state index in [-0.39, 0.29) is 42.1 Å². The van der Waals surface area contributed by atoms with Crippen LogP contribution in [0.1, 0.15) is 30.1 Å². The van der Waals surface area contributed by atoms with E-state index in [0.29, 0.717) is 0 Å². The molecule has 0 N–H and O–H groups in total. The molecule has 8 nitrogen and oxygen atoms in total. The van der Waals surface area contributed by atoms with Crippen LogP contribution in [0.4, 0.5) is 0 Å². The van der Waals surface area contributed by atoms with Gasteiger partial charge in [-0.25, -0.2) is 13.2 Å². The summed E-state index contributed by atoms with van der Waals surface area (Å²) in [4.78, 5) is 25.5. The Labute approximate surface area is 152 Å². The SMILES string of the molecule is CCS(=O)(=O)c1ccccc1C(=O)OCC(=O)N(CCC#N)CCC#N. The maximum atomic E-state index is 12.2. The van der Waals surface area contributed by atoms with Crippen LogP contribution in [0.5, 0.6) is 0 Å². The van der Waals surface area contributed by atoms with Crippen molar-refractivity contribution >= 4 is 21.7 Å². The lowest BCUT2D eigenvalue weighted by Gasteiger charge is -2.20. The van der Waals surface area contributed by atoms with Crippen molar-refractivity contribution in [1.29, 1.82) is 10.5 Å². The summed E-state index contributed by atoms with van der Waals surface area (Å²) in [6.07, 6.45) is 0.172. The Kier molecular flexibility index (Phi) is 8.26. The molecule has 0 unspecified atom stereocenters. The van der Waals surface area contributed by atoms with Gasteiger partial charge in [0.15, 0.2) is 16.4 Å². The van der Waals surface area contributed by atoms with E-state index in [1.165, 1.54) is 36.1 Å². The molecule has 0 saturated heterocycles. The first-order valence-corrected chi connectivity index (χ1v) is 9.53. The number of amides is 1. The highest BCUT2D eigenvalue weighted by Crippen LogP contribution is 2.18. The average molecular weight is 377 g/mol. The number of carbonyl (C=O) groups excluding carboxylic acids is 2. The van der Waals surface area contributed by atoms with Crippen LogP contribution in [-0.4, -0.2) is 50.6 Å². The predicted molar refractivity (Wildman–Crippen MR) is 91.5 cm³/mol. The van der Waals surface area contributed by atoms with E-state index in [2.05, 4.69) is 0 Å². The van der Waals surface area contributed by atoms with E-state index in [9.17, 15) is 18.0 Å². The normalized spacial score (nSPS) is 10.4. The summed E-state index contributed by atoms with van der Waals surface area (Å²) in [6, 6.07) is 9.42. The van der Waals surface area contributed by atoms with Crippen LogP contribution < -0.4 is 0 Å². The van der Waals surface area contributed by atoms with Gasteiger partial charge in [0.25, 0.3) is 5.91 Å². The third-order valence-corrected chi connectivity index (χ3v) is 5.27. The van der Waals surface area contributed by atoms with E-state index < -0.39 is 28.3 Å². The number of hydrogen-bond donors (Lipinski definition) is 0. The molecule has 0 heterocycles. The van der Waals surface area contributed by atoms with Crippen molar-refractivity contribution in [2.45, 2.75) is 24.7 Å². The second-order valence-electron chi connectivity index (χ2n) is 5.17. The number of benzene rings is 1. The third-order valence-electron chi connectivity index (χ3n) is 3.49. The summed E-state index contributed by atoms with van der Waals surface area (Å²) in [7, 11) is -3.62. The van der Waals surface area contributed by atoms with Gasteiger partial charge in [-0.05, 0) is 12.1 Å². The van der Waals surface area contributed by atoms with Gasteiger partial charge in [0, 0.05) is 13.1 Å². The van der Waals surface area contributed by atoms with Gasteiger partial charge in [0.1, 0.15) is 0 Å². The third kappa shape index (κ3) is 5.87. The first-order valence-electron chi connectivity index (χ1n) is 7.88. The maximum Gasteiger partial charge on any atom is 0.339 e. The van der Waals surface area contributed by atoms with Crippen LogP contribution in [-0.2, 0) is 19.4 Å². The van der Waals surface area contributed by atoms with Crippen molar-refractivity contribution < 1.29 is 22.7 Å². The zero-order valence-electron chi connectivity index (χ0n) is 14.3. The first-order chi connectivity index (χ1) is 12.4. The molecule has 0 atom stereocenters. The Hall–Kier alpha value is -2.91. The Morgan fingerprint density at radius 1 is 1.12 bits per heavy atom. The number of nitrogens with zero attached hydrogens (tertiary/aromatic N) is 3. The summed E-state index contributed by atoms with van der Waals surface area (Å²) in [6.45, 7) is 1.10. The summed E-state index contributed by atoms with van der Waals surface area (Å²) in [5.41, 5.74) is -0.136. The minimum Gasteiger partial charge on any atom is -0.452 e.